The van der Waals surface area contributed by atoms with Crippen LogP contribution in [0.15, 0.2) is 42.6 Å². The van der Waals surface area contributed by atoms with Gasteiger partial charge in [-0.2, -0.15) is 0 Å². The number of rotatable bonds is 7. The SMILES string of the molecule is Nc1cc(CC(=O)CC23CC4CC(CC(C4)C2)C3)ncc1NC(=O)Cc1ccccc1. The van der Waals surface area contributed by atoms with Gasteiger partial charge in [0.25, 0.3) is 0 Å². The van der Waals surface area contributed by atoms with E-state index in [1.807, 2.05) is 30.3 Å². The number of carbonyl (C=O) groups is 2. The minimum absolute atomic E-state index is 0.134. The second kappa shape index (κ2) is 8.10. The zero-order valence-electron chi connectivity index (χ0n) is 18.0. The Morgan fingerprint density at radius 3 is 2.26 bits per heavy atom. The molecule has 4 bridgehead atoms. The van der Waals surface area contributed by atoms with Crippen molar-refractivity contribution in [1.29, 1.82) is 0 Å². The highest BCUT2D eigenvalue weighted by atomic mass is 16.1. The highest BCUT2D eigenvalue weighted by Crippen LogP contribution is 2.61. The van der Waals surface area contributed by atoms with E-state index in [9.17, 15) is 9.59 Å². The van der Waals surface area contributed by atoms with Crippen molar-refractivity contribution in [2.24, 2.45) is 23.2 Å². The molecule has 2 aromatic rings. The predicted octanol–water partition coefficient (Wildman–Crippen LogP) is 4.56. The number of nitrogens with two attached hydrogens (primary N) is 1. The van der Waals surface area contributed by atoms with Crippen LogP contribution in [0.5, 0.6) is 0 Å². The minimum atomic E-state index is -0.134. The van der Waals surface area contributed by atoms with E-state index in [0.717, 1.165) is 23.3 Å². The molecule has 5 heteroatoms. The summed E-state index contributed by atoms with van der Waals surface area (Å²) in [5, 5.41) is 2.83. The summed E-state index contributed by atoms with van der Waals surface area (Å²) in [6.45, 7) is 0. The number of pyridine rings is 1. The van der Waals surface area contributed by atoms with Crippen molar-refractivity contribution < 1.29 is 9.59 Å². The summed E-state index contributed by atoms with van der Waals surface area (Å²) in [6.07, 6.45) is 10.8. The van der Waals surface area contributed by atoms with E-state index in [4.69, 9.17) is 5.73 Å². The van der Waals surface area contributed by atoms with Crippen LogP contribution < -0.4 is 11.1 Å². The molecule has 0 radical (unpaired) electrons. The molecule has 0 spiro atoms. The summed E-state index contributed by atoms with van der Waals surface area (Å²) < 4.78 is 0. The van der Waals surface area contributed by atoms with Crippen LogP contribution in [-0.4, -0.2) is 16.7 Å². The highest BCUT2D eigenvalue weighted by Gasteiger charge is 2.51. The van der Waals surface area contributed by atoms with E-state index < -0.39 is 0 Å². The number of hydrogen-bond donors (Lipinski definition) is 2. The average molecular weight is 418 g/mol. The first kappa shape index (κ1) is 20.2. The van der Waals surface area contributed by atoms with Crippen molar-refractivity contribution in [3.05, 3.63) is 53.9 Å². The summed E-state index contributed by atoms with van der Waals surface area (Å²) in [4.78, 5) is 29.6. The number of nitrogens with one attached hydrogen (secondary N) is 1. The summed E-state index contributed by atoms with van der Waals surface area (Å²) in [5.74, 6) is 2.70. The van der Waals surface area contributed by atoms with Gasteiger partial charge in [0.15, 0.2) is 0 Å². The van der Waals surface area contributed by atoms with Gasteiger partial charge in [0.2, 0.25) is 5.91 Å². The molecule has 3 N–H and O–H groups in total. The number of nitrogen functional groups attached to an aromatic ring is 1. The molecule has 0 unspecified atom stereocenters. The van der Waals surface area contributed by atoms with Gasteiger partial charge in [0.1, 0.15) is 5.78 Å². The van der Waals surface area contributed by atoms with Gasteiger partial charge < -0.3 is 11.1 Å². The third-order valence-electron chi connectivity index (χ3n) is 7.59. The number of nitrogens with zero attached hydrogens (tertiary/aromatic N) is 1. The molecule has 4 fully saturated rings. The Balaban J connectivity index is 1.18. The lowest BCUT2D eigenvalue weighted by Gasteiger charge is -2.56. The predicted molar refractivity (Wildman–Crippen MR) is 121 cm³/mol. The molecule has 31 heavy (non-hydrogen) atoms. The van der Waals surface area contributed by atoms with Crippen LogP contribution >= 0.6 is 0 Å². The third-order valence-corrected chi connectivity index (χ3v) is 7.59. The molecular weight excluding hydrogens is 386 g/mol. The third kappa shape index (κ3) is 4.51. The summed E-state index contributed by atoms with van der Waals surface area (Å²) in [5.41, 5.74) is 9.00. The van der Waals surface area contributed by atoms with Crippen LogP contribution in [-0.2, 0) is 22.4 Å². The Labute approximate surface area is 183 Å². The van der Waals surface area contributed by atoms with Gasteiger partial charge >= 0.3 is 0 Å². The molecule has 1 aromatic carbocycles. The van der Waals surface area contributed by atoms with E-state index in [1.54, 1.807) is 12.3 Å². The molecule has 1 aromatic heterocycles. The number of benzene rings is 1. The van der Waals surface area contributed by atoms with E-state index >= 15 is 0 Å². The quantitative estimate of drug-likeness (QED) is 0.691. The van der Waals surface area contributed by atoms with E-state index in [1.165, 1.54) is 38.5 Å². The molecule has 1 amide bonds. The molecule has 4 aliphatic carbocycles. The fourth-order valence-electron chi connectivity index (χ4n) is 6.88. The summed E-state index contributed by atoms with van der Waals surface area (Å²) in [6, 6.07) is 11.3. The summed E-state index contributed by atoms with van der Waals surface area (Å²) in [7, 11) is 0. The standard InChI is InChI=1S/C26H31N3O2/c27-23-11-21(28-16-24(23)29-25(31)9-17-4-2-1-3-5-17)10-22(30)15-26-12-18-6-19(13-26)8-20(7-18)14-26/h1-5,11,16,18-20H,6-10,12-15H2,(H2,27,28)(H,29,31). The van der Waals surface area contributed by atoms with Gasteiger partial charge in [-0.15, -0.1) is 0 Å². The molecule has 6 rings (SSSR count). The highest BCUT2D eigenvalue weighted by molar-refractivity contribution is 5.95. The van der Waals surface area contributed by atoms with Gasteiger partial charge in [0, 0.05) is 18.5 Å². The van der Waals surface area contributed by atoms with Crippen molar-refractivity contribution in [1.82, 2.24) is 4.98 Å². The van der Waals surface area contributed by atoms with Crippen molar-refractivity contribution >= 4 is 23.1 Å². The van der Waals surface area contributed by atoms with Crippen LogP contribution in [0, 0.1) is 23.2 Å². The number of hydrogen-bond acceptors (Lipinski definition) is 4. The lowest BCUT2D eigenvalue weighted by atomic mass is 9.48. The number of anilines is 2. The van der Waals surface area contributed by atoms with Gasteiger partial charge in [-0.25, -0.2) is 0 Å². The van der Waals surface area contributed by atoms with Crippen LogP contribution in [0.3, 0.4) is 0 Å². The Kier molecular flexibility index (Phi) is 5.28. The van der Waals surface area contributed by atoms with Crippen LogP contribution in [0.2, 0.25) is 0 Å². The van der Waals surface area contributed by atoms with Crippen molar-refractivity contribution in [2.45, 2.75) is 57.8 Å². The van der Waals surface area contributed by atoms with Crippen LogP contribution in [0.1, 0.15) is 56.2 Å². The smallest absolute Gasteiger partial charge is 0.228 e. The Morgan fingerprint density at radius 1 is 1.00 bits per heavy atom. The molecule has 0 aliphatic heterocycles. The first-order chi connectivity index (χ1) is 15.0. The van der Waals surface area contributed by atoms with Gasteiger partial charge in [0.05, 0.1) is 24.0 Å². The number of amides is 1. The molecule has 1 heterocycles. The maximum absolute atomic E-state index is 12.9. The lowest BCUT2D eigenvalue weighted by molar-refractivity contribution is -0.126. The first-order valence-electron chi connectivity index (χ1n) is 11.6. The van der Waals surface area contributed by atoms with Crippen molar-refractivity contribution in [3.8, 4) is 0 Å². The zero-order valence-corrected chi connectivity index (χ0v) is 18.0. The molecule has 0 atom stereocenters. The Bertz CT molecular complexity index is 950. The van der Waals surface area contributed by atoms with Crippen LogP contribution in [0.25, 0.3) is 0 Å². The lowest BCUT2D eigenvalue weighted by Crippen LogP contribution is -2.47. The number of carbonyl (C=O) groups excluding carboxylic acids is 2. The second-order valence-corrected chi connectivity index (χ2v) is 10.3. The maximum atomic E-state index is 12.9. The Morgan fingerprint density at radius 2 is 1.65 bits per heavy atom. The Hall–Kier alpha value is -2.69. The molecular formula is C26H31N3O2. The molecule has 162 valence electrons. The molecule has 5 nitrogen and oxygen atoms in total. The largest absolute Gasteiger partial charge is 0.397 e. The first-order valence-corrected chi connectivity index (χ1v) is 11.6. The van der Waals surface area contributed by atoms with E-state index in [-0.39, 0.29) is 23.5 Å². The van der Waals surface area contributed by atoms with E-state index in [0.29, 0.717) is 29.9 Å². The van der Waals surface area contributed by atoms with Crippen molar-refractivity contribution in [3.63, 3.8) is 0 Å². The second-order valence-electron chi connectivity index (χ2n) is 10.3. The van der Waals surface area contributed by atoms with Crippen molar-refractivity contribution in [2.75, 3.05) is 11.1 Å². The van der Waals surface area contributed by atoms with Gasteiger partial charge in [-0.3, -0.25) is 14.6 Å². The number of Topliss-reactive ketones (excluding diaryl/α,β-unsaturated/α-hetero) is 1. The zero-order chi connectivity index (χ0) is 21.4. The molecule has 0 saturated heterocycles. The maximum Gasteiger partial charge on any atom is 0.228 e. The summed E-state index contributed by atoms with van der Waals surface area (Å²) >= 11 is 0. The van der Waals surface area contributed by atoms with Gasteiger partial charge in [-0.05, 0) is 73.3 Å². The minimum Gasteiger partial charge on any atom is -0.397 e. The fourth-order valence-corrected chi connectivity index (χ4v) is 6.88. The number of aromatic nitrogens is 1. The van der Waals surface area contributed by atoms with Gasteiger partial charge in [-0.1, -0.05) is 30.3 Å². The van der Waals surface area contributed by atoms with E-state index in [2.05, 4.69) is 10.3 Å². The number of ketones is 1. The fraction of sp³-hybridized carbons (Fsp3) is 0.500. The normalized spacial score (nSPS) is 28.5. The monoisotopic (exact) mass is 417 g/mol. The van der Waals surface area contributed by atoms with Crippen LogP contribution in [0.4, 0.5) is 11.4 Å². The molecule has 4 aliphatic rings. The topological polar surface area (TPSA) is 85.1 Å². The molecule has 4 saturated carbocycles. The average Bonchev–Trinajstić information content (AvgIpc) is 2.69.